The van der Waals surface area contributed by atoms with Crippen molar-refractivity contribution >= 4 is 34.9 Å². The Morgan fingerprint density at radius 1 is 1.04 bits per heavy atom. The highest BCUT2D eigenvalue weighted by Crippen LogP contribution is 2.21. The van der Waals surface area contributed by atoms with Gasteiger partial charge >= 0.3 is 0 Å². The summed E-state index contributed by atoms with van der Waals surface area (Å²) >= 11 is 5.96. The number of aromatic nitrogens is 2. The number of carbonyl (C=O) groups is 2. The van der Waals surface area contributed by atoms with Gasteiger partial charge in [-0.3, -0.25) is 14.6 Å². The van der Waals surface area contributed by atoms with Gasteiger partial charge in [-0.05, 0) is 43.7 Å². The molecule has 0 aliphatic carbocycles. The molecule has 0 saturated carbocycles. The number of anilines is 2. The van der Waals surface area contributed by atoms with E-state index in [0.29, 0.717) is 22.0 Å². The SMILES string of the molecule is Cc1cc(NC(=O)c2cc(C(=O)Nc3cc(Cl)ccc3C)ccn2)no1. The van der Waals surface area contributed by atoms with Crippen LogP contribution in [0, 0.1) is 13.8 Å². The second-order valence-electron chi connectivity index (χ2n) is 5.62. The van der Waals surface area contributed by atoms with Crippen molar-refractivity contribution < 1.29 is 14.1 Å². The van der Waals surface area contributed by atoms with Gasteiger partial charge < -0.3 is 15.2 Å². The number of carbonyl (C=O) groups excluding carboxylic acids is 2. The maximum absolute atomic E-state index is 12.5. The third-order valence-corrected chi connectivity index (χ3v) is 3.81. The van der Waals surface area contributed by atoms with Gasteiger partial charge in [0.05, 0.1) is 0 Å². The molecule has 3 rings (SSSR count). The smallest absolute Gasteiger partial charge is 0.275 e. The van der Waals surface area contributed by atoms with Crippen molar-refractivity contribution in [2.24, 2.45) is 0 Å². The number of hydrogen-bond donors (Lipinski definition) is 2. The van der Waals surface area contributed by atoms with E-state index in [-0.39, 0.29) is 17.4 Å². The standard InChI is InChI=1S/C18H15ClN4O3/c1-10-3-4-13(19)9-14(10)21-17(24)12-5-6-20-15(8-12)18(25)22-16-7-11(2)26-23-16/h3-9H,1-2H3,(H,21,24)(H,22,23,25). The highest BCUT2D eigenvalue weighted by Gasteiger charge is 2.14. The molecule has 1 aromatic carbocycles. The van der Waals surface area contributed by atoms with E-state index in [1.165, 1.54) is 18.3 Å². The van der Waals surface area contributed by atoms with E-state index in [2.05, 4.69) is 20.8 Å². The molecule has 8 heteroatoms. The molecule has 0 unspecified atom stereocenters. The Balaban J connectivity index is 1.76. The van der Waals surface area contributed by atoms with Gasteiger partial charge in [0.15, 0.2) is 5.82 Å². The molecular weight excluding hydrogens is 356 g/mol. The number of aryl methyl sites for hydroxylation is 2. The predicted octanol–water partition coefficient (Wildman–Crippen LogP) is 3.84. The van der Waals surface area contributed by atoms with Crippen LogP contribution in [0.25, 0.3) is 0 Å². The third-order valence-electron chi connectivity index (χ3n) is 3.57. The fourth-order valence-electron chi connectivity index (χ4n) is 2.22. The van der Waals surface area contributed by atoms with Crippen LogP contribution in [0.4, 0.5) is 11.5 Å². The van der Waals surface area contributed by atoms with Crippen LogP contribution in [0.3, 0.4) is 0 Å². The number of nitrogens with one attached hydrogen (secondary N) is 2. The maximum Gasteiger partial charge on any atom is 0.275 e. The van der Waals surface area contributed by atoms with Crippen molar-refractivity contribution in [1.29, 1.82) is 0 Å². The summed E-state index contributed by atoms with van der Waals surface area (Å²) in [4.78, 5) is 28.7. The molecule has 0 aliphatic heterocycles. The van der Waals surface area contributed by atoms with Crippen LogP contribution < -0.4 is 10.6 Å². The van der Waals surface area contributed by atoms with Gasteiger partial charge in [-0.15, -0.1) is 0 Å². The zero-order chi connectivity index (χ0) is 18.7. The predicted molar refractivity (Wildman–Crippen MR) is 97.6 cm³/mol. The number of halogens is 1. The zero-order valence-corrected chi connectivity index (χ0v) is 14.8. The highest BCUT2D eigenvalue weighted by molar-refractivity contribution is 6.31. The lowest BCUT2D eigenvalue weighted by Gasteiger charge is -2.09. The van der Waals surface area contributed by atoms with Crippen LogP contribution in [-0.2, 0) is 0 Å². The summed E-state index contributed by atoms with van der Waals surface area (Å²) in [5.74, 6) is -0.0204. The number of amides is 2. The lowest BCUT2D eigenvalue weighted by Crippen LogP contribution is -2.17. The molecule has 7 nitrogen and oxygen atoms in total. The lowest BCUT2D eigenvalue weighted by atomic mass is 10.1. The molecule has 26 heavy (non-hydrogen) atoms. The minimum absolute atomic E-state index is 0.0844. The molecule has 0 atom stereocenters. The van der Waals surface area contributed by atoms with E-state index in [1.807, 2.05) is 13.0 Å². The first-order chi connectivity index (χ1) is 12.4. The molecule has 2 aromatic heterocycles. The molecule has 0 radical (unpaired) electrons. The third kappa shape index (κ3) is 4.07. The van der Waals surface area contributed by atoms with Crippen molar-refractivity contribution in [1.82, 2.24) is 10.1 Å². The lowest BCUT2D eigenvalue weighted by molar-refractivity contribution is 0.102. The van der Waals surface area contributed by atoms with Gasteiger partial charge in [0.2, 0.25) is 0 Å². The van der Waals surface area contributed by atoms with Gasteiger partial charge in [0.1, 0.15) is 11.5 Å². The highest BCUT2D eigenvalue weighted by atomic mass is 35.5. The van der Waals surface area contributed by atoms with Crippen LogP contribution in [0.1, 0.15) is 32.2 Å². The molecule has 2 amide bonds. The minimum Gasteiger partial charge on any atom is -0.360 e. The summed E-state index contributed by atoms with van der Waals surface area (Å²) < 4.78 is 4.89. The second-order valence-corrected chi connectivity index (χ2v) is 6.06. The van der Waals surface area contributed by atoms with Crippen molar-refractivity contribution in [2.75, 3.05) is 10.6 Å². The van der Waals surface area contributed by atoms with Crippen LogP contribution in [0.15, 0.2) is 47.1 Å². The normalized spacial score (nSPS) is 10.4. The maximum atomic E-state index is 12.5. The van der Waals surface area contributed by atoms with E-state index in [1.54, 1.807) is 25.1 Å². The molecule has 0 aliphatic rings. The number of benzene rings is 1. The van der Waals surface area contributed by atoms with E-state index < -0.39 is 5.91 Å². The Labute approximate surface area is 154 Å². The first-order valence-electron chi connectivity index (χ1n) is 7.70. The van der Waals surface area contributed by atoms with E-state index >= 15 is 0 Å². The number of hydrogen-bond acceptors (Lipinski definition) is 5. The molecule has 0 bridgehead atoms. The molecule has 0 saturated heterocycles. The van der Waals surface area contributed by atoms with Gasteiger partial charge in [-0.25, -0.2) is 0 Å². The Morgan fingerprint density at radius 3 is 2.58 bits per heavy atom. The zero-order valence-electron chi connectivity index (χ0n) is 14.0. The quantitative estimate of drug-likeness (QED) is 0.727. The first-order valence-corrected chi connectivity index (χ1v) is 8.08. The Kier molecular flexibility index (Phi) is 4.99. The molecular formula is C18H15ClN4O3. The Morgan fingerprint density at radius 2 is 1.85 bits per heavy atom. The van der Waals surface area contributed by atoms with E-state index in [0.717, 1.165) is 5.56 Å². The topological polar surface area (TPSA) is 97.1 Å². The molecule has 0 spiro atoms. The summed E-state index contributed by atoms with van der Waals surface area (Å²) in [6.07, 6.45) is 1.39. The number of nitrogens with zero attached hydrogens (tertiary/aromatic N) is 2. The summed E-state index contributed by atoms with van der Waals surface area (Å²) in [6, 6.07) is 9.72. The monoisotopic (exact) mass is 370 g/mol. The Bertz CT molecular complexity index is 984. The van der Waals surface area contributed by atoms with Crippen LogP contribution in [0.5, 0.6) is 0 Å². The van der Waals surface area contributed by atoms with E-state index in [9.17, 15) is 9.59 Å². The van der Waals surface area contributed by atoms with Gasteiger partial charge in [0.25, 0.3) is 11.8 Å². The molecule has 2 N–H and O–H groups in total. The van der Waals surface area contributed by atoms with E-state index in [4.69, 9.17) is 16.1 Å². The minimum atomic E-state index is -0.494. The van der Waals surface area contributed by atoms with Crippen LogP contribution >= 0.6 is 11.6 Å². The molecule has 0 fully saturated rings. The van der Waals surface area contributed by atoms with Crippen molar-refractivity contribution in [3.8, 4) is 0 Å². The van der Waals surface area contributed by atoms with Crippen LogP contribution in [0.2, 0.25) is 5.02 Å². The average Bonchev–Trinajstić information content (AvgIpc) is 3.03. The summed E-state index contributed by atoms with van der Waals surface area (Å²) in [5, 5.41) is 9.54. The van der Waals surface area contributed by atoms with Gasteiger partial charge in [0, 0.05) is 28.5 Å². The number of pyridine rings is 1. The fraction of sp³-hybridized carbons (Fsp3) is 0.111. The first kappa shape index (κ1) is 17.6. The number of rotatable bonds is 4. The van der Waals surface area contributed by atoms with Gasteiger partial charge in [-0.2, -0.15) is 0 Å². The van der Waals surface area contributed by atoms with Crippen molar-refractivity contribution in [2.45, 2.75) is 13.8 Å². The molecule has 3 aromatic rings. The summed E-state index contributed by atoms with van der Waals surface area (Å²) in [5.41, 5.74) is 1.85. The van der Waals surface area contributed by atoms with Crippen LogP contribution in [-0.4, -0.2) is 22.0 Å². The summed E-state index contributed by atoms with van der Waals surface area (Å²) in [6.45, 7) is 3.57. The average molecular weight is 371 g/mol. The van der Waals surface area contributed by atoms with Crippen molar-refractivity contribution in [3.05, 3.63) is 70.2 Å². The Hall–Kier alpha value is -3.19. The molecule has 132 valence electrons. The fourth-order valence-corrected chi connectivity index (χ4v) is 2.40. The largest absolute Gasteiger partial charge is 0.360 e. The van der Waals surface area contributed by atoms with Crippen molar-refractivity contribution in [3.63, 3.8) is 0 Å². The summed E-state index contributed by atoms with van der Waals surface area (Å²) in [7, 11) is 0. The second kappa shape index (κ2) is 7.37. The van der Waals surface area contributed by atoms with Gasteiger partial charge in [-0.1, -0.05) is 22.8 Å². The molecule has 2 heterocycles.